The first-order chi connectivity index (χ1) is 9.20. The van der Waals surface area contributed by atoms with Crippen LogP contribution in [0.3, 0.4) is 0 Å². The Labute approximate surface area is 115 Å². The van der Waals surface area contributed by atoms with Gasteiger partial charge in [-0.1, -0.05) is 37.6 Å². The van der Waals surface area contributed by atoms with Crippen LogP contribution in [0.2, 0.25) is 0 Å². The van der Waals surface area contributed by atoms with Gasteiger partial charge in [-0.25, -0.2) is 0 Å². The van der Waals surface area contributed by atoms with E-state index in [9.17, 15) is 5.11 Å². The Morgan fingerprint density at radius 2 is 2.16 bits per heavy atom. The highest BCUT2D eigenvalue weighted by molar-refractivity contribution is 5.31. The minimum absolute atomic E-state index is 0.177. The molecule has 1 unspecified atom stereocenters. The number of fused-ring (bicyclic) bond motifs is 1. The molecule has 1 atom stereocenters. The van der Waals surface area contributed by atoms with E-state index < -0.39 is 5.60 Å². The number of benzene rings is 1. The third-order valence-corrected chi connectivity index (χ3v) is 4.27. The maximum absolute atomic E-state index is 10.2. The van der Waals surface area contributed by atoms with E-state index in [0.29, 0.717) is 0 Å². The van der Waals surface area contributed by atoms with Crippen molar-refractivity contribution in [1.82, 2.24) is 4.90 Å². The van der Waals surface area contributed by atoms with E-state index in [0.717, 1.165) is 45.5 Å². The third-order valence-electron chi connectivity index (χ3n) is 4.27. The second-order valence-corrected chi connectivity index (χ2v) is 5.95. The van der Waals surface area contributed by atoms with Crippen LogP contribution in [0.4, 0.5) is 0 Å². The summed E-state index contributed by atoms with van der Waals surface area (Å²) in [6.45, 7) is 5.44. The van der Waals surface area contributed by atoms with Crippen LogP contribution in [0.25, 0.3) is 0 Å². The van der Waals surface area contributed by atoms with Crippen molar-refractivity contribution in [3.8, 4) is 0 Å². The number of rotatable bonds is 4. The number of β-amino-alcohol motifs (C(OH)–C–C–N with tert-alkyl or cyclic N) is 1. The molecule has 0 bridgehead atoms. The molecule has 1 aromatic rings. The first kappa shape index (κ1) is 13.1. The Morgan fingerprint density at radius 1 is 1.37 bits per heavy atom. The van der Waals surface area contributed by atoms with Gasteiger partial charge in [0.2, 0.25) is 0 Å². The minimum Gasteiger partial charge on any atom is -0.387 e. The summed E-state index contributed by atoms with van der Waals surface area (Å²) in [4.78, 5) is 2.31. The van der Waals surface area contributed by atoms with E-state index in [1.165, 1.54) is 11.1 Å². The summed E-state index contributed by atoms with van der Waals surface area (Å²) >= 11 is 0. The molecule has 104 valence electrons. The Bertz CT molecular complexity index is 440. The smallest absolute Gasteiger partial charge is 0.0954 e. The minimum atomic E-state index is -0.442. The monoisotopic (exact) mass is 261 g/mol. The van der Waals surface area contributed by atoms with Gasteiger partial charge in [-0.2, -0.15) is 0 Å². The number of nitrogens with zero attached hydrogens (tertiary/aromatic N) is 1. The topological polar surface area (TPSA) is 32.7 Å². The Kier molecular flexibility index (Phi) is 3.61. The molecule has 0 amide bonds. The fourth-order valence-corrected chi connectivity index (χ4v) is 3.40. The summed E-state index contributed by atoms with van der Waals surface area (Å²) in [5.74, 6) is 0. The van der Waals surface area contributed by atoms with Crippen molar-refractivity contribution in [2.24, 2.45) is 0 Å². The molecule has 2 aliphatic rings. The molecule has 1 fully saturated rings. The SMILES string of the molecule is CCCC1(O)CN(CC2OCCc3ccccc32)C1. The average molecular weight is 261 g/mol. The summed E-state index contributed by atoms with van der Waals surface area (Å²) in [5.41, 5.74) is 2.31. The lowest BCUT2D eigenvalue weighted by Crippen LogP contribution is -2.62. The molecule has 2 aliphatic heterocycles. The van der Waals surface area contributed by atoms with Crippen LogP contribution in [0.1, 0.15) is 37.0 Å². The molecule has 0 aromatic heterocycles. The van der Waals surface area contributed by atoms with Gasteiger partial charge in [0, 0.05) is 19.6 Å². The maximum Gasteiger partial charge on any atom is 0.0954 e. The molecular weight excluding hydrogens is 238 g/mol. The van der Waals surface area contributed by atoms with E-state index in [1.807, 2.05) is 0 Å². The molecule has 1 N–H and O–H groups in total. The molecule has 1 aromatic carbocycles. The zero-order valence-corrected chi connectivity index (χ0v) is 11.6. The van der Waals surface area contributed by atoms with E-state index >= 15 is 0 Å². The summed E-state index contributed by atoms with van der Waals surface area (Å²) in [7, 11) is 0. The van der Waals surface area contributed by atoms with Crippen molar-refractivity contribution in [2.75, 3.05) is 26.2 Å². The van der Waals surface area contributed by atoms with Gasteiger partial charge in [0.15, 0.2) is 0 Å². The predicted molar refractivity (Wildman–Crippen MR) is 75.1 cm³/mol. The molecule has 0 aliphatic carbocycles. The second kappa shape index (κ2) is 5.23. The average Bonchev–Trinajstić information content (AvgIpc) is 2.38. The summed E-state index contributed by atoms with van der Waals surface area (Å²) < 4.78 is 5.92. The van der Waals surface area contributed by atoms with Crippen LogP contribution >= 0.6 is 0 Å². The predicted octanol–water partition coefficient (Wildman–Crippen LogP) is 2.15. The van der Waals surface area contributed by atoms with Crippen LogP contribution in [-0.4, -0.2) is 41.8 Å². The zero-order valence-electron chi connectivity index (χ0n) is 11.6. The van der Waals surface area contributed by atoms with Crippen LogP contribution < -0.4 is 0 Å². The van der Waals surface area contributed by atoms with Crippen LogP contribution in [-0.2, 0) is 11.2 Å². The van der Waals surface area contributed by atoms with E-state index in [1.54, 1.807) is 0 Å². The zero-order chi connectivity index (χ0) is 13.3. The molecule has 19 heavy (non-hydrogen) atoms. The molecule has 2 heterocycles. The van der Waals surface area contributed by atoms with E-state index in [-0.39, 0.29) is 6.10 Å². The van der Waals surface area contributed by atoms with Crippen LogP contribution in [0.5, 0.6) is 0 Å². The fraction of sp³-hybridized carbons (Fsp3) is 0.625. The van der Waals surface area contributed by atoms with Crippen molar-refractivity contribution >= 4 is 0 Å². The van der Waals surface area contributed by atoms with Gasteiger partial charge in [-0.3, -0.25) is 4.90 Å². The van der Waals surface area contributed by atoms with Crippen molar-refractivity contribution in [2.45, 2.75) is 37.9 Å². The number of hydrogen-bond donors (Lipinski definition) is 1. The van der Waals surface area contributed by atoms with Gasteiger partial charge >= 0.3 is 0 Å². The molecule has 3 nitrogen and oxygen atoms in total. The third kappa shape index (κ3) is 2.69. The van der Waals surface area contributed by atoms with Crippen molar-refractivity contribution in [3.63, 3.8) is 0 Å². The van der Waals surface area contributed by atoms with E-state index in [2.05, 4.69) is 36.1 Å². The normalized spacial score (nSPS) is 25.7. The highest BCUT2D eigenvalue weighted by Crippen LogP contribution is 2.32. The molecular formula is C16H23NO2. The first-order valence-corrected chi connectivity index (χ1v) is 7.34. The Morgan fingerprint density at radius 3 is 2.95 bits per heavy atom. The van der Waals surface area contributed by atoms with Crippen LogP contribution in [0, 0.1) is 0 Å². The van der Waals surface area contributed by atoms with Gasteiger partial charge in [0.05, 0.1) is 18.3 Å². The first-order valence-electron chi connectivity index (χ1n) is 7.34. The lowest BCUT2D eigenvalue weighted by atomic mass is 9.88. The molecule has 1 saturated heterocycles. The van der Waals surface area contributed by atoms with Gasteiger partial charge in [-0.15, -0.1) is 0 Å². The van der Waals surface area contributed by atoms with Gasteiger partial charge in [-0.05, 0) is 24.0 Å². The Hall–Kier alpha value is -0.900. The number of ether oxygens (including phenoxy) is 1. The lowest BCUT2D eigenvalue weighted by Gasteiger charge is -2.48. The maximum atomic E-state index is 10.2. The molecule has 0 radical (unpaired) electrons. The molecule has 0 saturated carbocycles. The summed E-state index contributed by atoms with van der Waals surface area (Å²) in [6, 6.07) is 8.57. The molecule has 0 spiro atoms. The molecule has 3 rings (SSSR count). The van der Waals surface area contributed by atoms with Gasteiger partial charge in [0.25, 0.3) is 0 Å². The summed E-state index contributed by atoms with van der Waals surface area (Å²) in [6.07, 6.45) is 3.15. The number of hydrogen-bond acceptors (Lipinski definition) is 3. The van der Waals surface area contributed by atoms with Crippen molar-refractivity contribution < 1.29 is 9.84 Å². The van der Waals surface area contributed by atoms with Gasteiger partial charge < -0.3 is 9.84 Å². The Balaban J connectivity index is 1.61. The summed E-state index contributed by atoms with van der Waals surface area (Å²) in [5, 5.41) is 10.2. The highest BCUT2D eigenvalue weighted by atomic mass is 16.5. The van der Waals surface area contributed by atoms with Crippen molar-refractivity contribution in [3.05, 3.63) is 35.4 Å². The quantitative estimate of drug-likeness (QED) is 0.901. The fourth-order valence-electron chi connectivity index (χ4n) is 3.40. The van der Waals surface area contributed by atoms with E-state index in [4.69, 9.17) is 4.74 Å². The second-order valence-electron chi connectivity index (χ2n) is 5.95. The van der Waals surface area contributed by atoms with Crippen LogP contribution in [0.15, 0.2) is 24.3 Å². The number of likely N-dealkylation sites (tertiary alicyclic amines) is 1. The molecule has 3 heteroatoms. The van der Waals surface area contributed by atoms with Gasteiger partial charge in [0.1, 0.15) is 0 Å². The lowest BCUT2D eigenvalue weighted by molar-refractivity contribution is -0.120. The highest BCUT2D eigenvalue weighted by Gasteiger charge is 2.41. The number of aliphatic hydroxyl groups is 1. The van der Waals surface area contributed by atoms with Crippen molar-refractivity contribution in [1.29, 1.82) is 0 Å². The largest absolute Gasteiger partial charge is 0.387 e. The standard InChI is InChI=1S/C16H23NO2/c1-2-8-16(18)11-17(12-16)10-15-14-6-4-3-5-13(14)7-9-19-15/h3-6,15,18H,2,7-12H2,1H3.